The predicted octanol–water partition coefficient (Wildman–Crippen LogP) is 2.70. The van der Waals surface area contributed by atoms with Gasteiger partial charge in [-0.25, -0.2) is 4.98 Å². The van der Waals surface area contributed by atoms with Gasteiger partial charge in [-0.05, 0) is 51.9 Å². The Balaban J connectivity index is 1.22. The molecule has 1 amide bonds. The van der Waals surface area contributed by atoms with Crippen LogP contribution in [0.1, 0.15) is 37.6 Å². The molecule has 1 aromatic heterocycles. The number of benzene rings is 1. The summed E-state index contributed by atoms with van der Waals surface area (Å²) >= 11 is 1.82. The van der Waals surface area contributed by atoms with Gasteiger partial charge in [-0.2, -0.15) is 0 Å². The molecule has 158 valence electrons. The van der Waals surface area contributed by atoms with Crippen LogP contribution in [0.3, 0.4) is 0 Å². The molecule has 2 fully saturated rings. The fourth-order valence-corrected chi connectivity index (χ4v) is 5.39. The van der Waals surface area contributed by atoms with E-state index in [9.17, 15) is 4.79 Å². The molecule has 1 N–H and O–H groups in total. The molecular formula is C22H32N4O2S. The molecule has 2 aliphatic heterocycles. The third-order valence-corrected chi connectivity index (χ3v) is 7.40. The van der Waals surface area contributed by atoms with Gasteiger partial charge in [0.25, 0.3) is 0 Å². The summed E-state index contributed by atoms with van der Waals surface area (Å²) in [5.41, 5.74) is 1.07. The third kappa shape index (κ3) is 5.15. The van der Waals surface area contributed by atoms with Gasteiger partial charge < -0.3 is 10.1 Å². The smallest absolute Gasteiger partial charge is 0.234 e. The van der Waals surface area contributed by atoms with Gasteiger partial charge in [0.1, 0.15) is 0 Å². The highest BCUT2D eigenvalue weighted by Gasteiger charge is 2.29. The number of amides is 1. The molecule has 0 bridgehead atoms. The molecule has 0 aliphatic carbocycles. The average Bonchev–Trinajstić information content (AvgIpc) is 3.18. The van der Waals surface area contributed by atoms with E-state index in [1.54, 1.807) is 0 Å². The van der Waals surface area contributed by atoms with E-state index in [2.05, 4.69) is 47.2 Å². The normalized spacial score (nSPS) is 20.2. The first kappa shape index (κ1) is 20.7. The number of hydrogen-bond donors (Lipinski definition) is 1. The SMILES string of the molecule is CC(C)(CNC(=O)CN1CCC(c2nc3ccccc3s2)CC1)N1CCOCC1. The van der Waals surface area contributed by atoms with Gasteiger partial charge in [-0.15, -0.1) is 11.3 Å². The fourth-order valence-electron chi connectivity index (χ4n) is 4.26. The lowest BCUT2D eigenvalue weighted by Gasteiger charge is -2.41. The highest BCUT2D eigenvalue weighted by molar-refractivity contribution is 7.18. The van der Waals surface area contributed by atoms with Gasteiger partial charge in [0.05, 0.1) is 35.0 Å². The van der Waals surface area contributed by atoms with Gasteiger partial charge in [-0.3, -0.25) is 14.6 Å². The van der Waals surface area contributed by atoms with E-state index >= 15 is 0 Å². The number of likely N-dealkylation sites (tertiary alicyclic amines) is 1. The second kappa shape index (κ2) is 9.08. The van der Waals surface area contributed by atoms with Crippen LogP contribution in [-0.4, -0.2) is 78.7 Å². The number of fused-ring (bicyclic) bond motifs is 1. The molecule has 0 saturated carbocycles. The summed E-state index contributed by atoms with van der Waals surface area (Å²) in [4.78, 5) is 22.0. The Kier molecular flexibility index (Phi) is 6.49. The Bertz CT molecular complexity index is 790. The van der Waals surface area contributed by atoms with Gasteiger partial charge in [0.15, 0.2) is 0 Å². The number of nitrogens with zero attached hydrogens (tertiary/aromatic N) is 3. The lowest BCUT2D eigenvalue weighted by atomic mass is 9.97. The molecule has 0 unspecified atom stereocenters. The van der Waals surface area contributed by atoms with Crippen molar-refractivity contribution in [3.05, 3.63) is 29.3 Å². The molecule has 7 heteroatoms. The highest BCUT2D eigenvalue weighted by Crippen LogP contribution is 2.33. The van der Waals surface area contributed by atoms with E-state index in [1.807, 2.05) is 17.4 Å². The number of ether oxygens (including phenoxy) is 1. The van der Waals surface area contributed by atoms with Crippen LogP contribution in [0.15, 0.2) is 24.3 Å². The number of para-hydroxylation sites is 1. The van der Waals surface area contributed by atoms with Crippen molar-refractivity contribution in [2.45, 2.75) is 38.1 Å². The number of carbonyl (C=O) groups excluding carboxylic acids is 1. The Hall–Kier alpha value is -1.54. The molecular weight excluding hydrogens is 384 g/mol. The van der Waals surface area contributed by atoms with Crippen molar-refractivity contribution in [2.75, 3.05) is 52.5 Å². The maximum atomic E-state index is 12.5. The molecule has 1 aromatic carbocycles. The van der Waals surface area contributed by atoms with Crippen molar-refractivity contribution in [1.82, 2.24) is 20.1 Å². The lowest BCUT2D eigenvalue weighted by molar-refractivity contribution is -0.123. The van der Waals surface area contributed by atoms with E-state index < -0.39 is 0 Å². The van der Waals surface area contributed by atoms with Crippen LogP contribution in [-0.2, 0) is 9.53 Å². The molecule has 6 nitrogen and oxygen atoms in total. The molecule has 0 radical (unpaired) electrons. The topological polar surface area (TPSA) is 57.7 Å². The van der Waals surface area contributed by atoms with Crippen LogP contribution < -0.4 is 5.32 Å². The summed E-state index contributed by atoms with van der Waals surface area (Å²) in [6, 6.07) is 8.36. The molecule has 0 spiro atoms. The van der Waals surface area contributed by atoms with Gasteiger partial charge in [-0.1, -0.05) is 12.1 Å². The van der Waals surface area contributed by atoms with Gasteiger partial charge >= 0.3 is 0 Å². The molecule has 2 saturated heterocycles. The van der Waals surface area contributed by atoms with Crippen LogP contribution in [0.5, 0.6) is 0 Å². The summed E-state index contributed by atoms with van der Waals surface area (Å²) in [6.07, 6.45) is 2.15. The number of aromatic nitrogens is 1. The number of piperidine rings is 1. The average molecular weight is 417 g/mol. The predicted molar refractivity (Wildman–Crippen MR) is 118 cm³/mol. The zero-order valence-electron chi connectivity index (χ0n) is 17.5. The number of thiazole rings is 1. The number of morpholine rings is 1. The molecule has 2 aliphatic rings. The zero-order chi connectivity index (χ0) is 20.3. The van der Waals surface area contributed by atoms with Crippen molar-refractivity contribution >= 4 is 27.5 Å². The van der Waals surface area contributed by atoms with Crippen molar-refractivity contribution in [3.8, 4) is 0 Å². The number of rotatable bonds is 6. The quantitative estimate of drug-likeness (QED) is 0.785. The summed E-state index contributed by atoms with van der Waals surface area (Å²) < 4.78 is 6.71. The molecule has 2 aromatic rings. The maximum absolute atomic E-state index is 12.5. The minimum atomic E-state index is -0.0424. The van der Waals surface area contributed by atoms with E-state index in [0.717, 1.165) is 57.8 Å². The van der Waals surface area contributed by atoms with Gasteiger partial charge in [0.2, 0.25) is 5.91 Å². The third-order valence-electron chi connectivity index (χ3n) is 6.20. The lowest BCUT2D eigenvalue weighted by Crippen LogP contribution is -2.56. The first-order valence-corrected chi connectivity index (χ1v) is 11.5. The van der Waals surface area contributed by atoms with E-state index in [1.165, 1.54) is 9.71 Å². The van der Waals surface area contributed by atoms with E-state index in [0.29, 0.717) is 19.0 Å². The molecule has 29 heavy (non-hydrogen) atoms. The van der Waals surface area contributed by atoms with Crippen molar-refractivity contribution in [1.29, 1.82) is 0 Å². The number of carbonyl (C=O) groups is 1. The minimum absolute atomic E-state index is 0.0424. The van der Waals surface area contributed by atoms with Crippen LogP contribution in [0.2, 0.25) is 0 Å². The zero-order valence-corrected chi connectivity index (χ0v) is 18.3. The van der Waals surface area contributed by atoms with Crippen LogP contribution in [0.4, 0.5) is 0 Å². The monoisotopic (exact) mass is 416 g/mol. The maximum Gasteiger partial charge on any atom is 0.234 e. The summed E-state index contributed by atoms with van der Waals surface area (Å²) in [7, 11) is 0. The Morgan fingerprint density at radius 2 is 1.93 bits per heavy atom. The molecule has 4 rings (SSSR count). The highest BCUT2D eigenvalue weighted by atomic mass is 32.1. The first-order chi connectivity index (χ1) is 14.0. The second-order valence-corrected chi connectivity index (χ2v) is 9.82. The van der Waals surface area contributed by atoms with Crippen molar-refractivity contribution < 1.29 is 9.53 Å². The minimum Gasteiger partial charge on any atom is -0.379 e. The van der Waals surface area contributed by atoms with Gasteiger partial charge in [0, 0.05) is 31.1 Å². The fraction of sp³-hybridized carbons (Fsp3) is 0.636. The van der Waals surface area contributed by atoms with Crippen molar-refractivity contribution in [3.63, 3.8) is 0 Å². The Morgan fingerprint density at radius 3 is 2.66 bits per heavy atom. The second-order valence-electron chi connectivity index (χ2n) is 8.76. The van der Waals surface area contributed by atoms with E-state index in [-0.39, 0.29) is 11.4 Å². The van der Waals surface area contributed by atoms with Crippen LogP contribution in [0, 0.1) is 0 Å². The molecule has 0 atom stereocenters. The van der Waals surface area contributed by atoms with E-state index in [4.69, 9.17) is 9.72 Å². The largest absolute Gasteiger partial charge is 0.379 e. The van der Waals surface area contributed by atoms with Crippen molar-refractivity contribution in [2.24, 2.45) is 0 Å². The number of nitrogens with one attached hydrogen (secondary N) is 1. The summed E-state index contributed by atoms with van der Waals surface area (Å²) in [5, 5.41) is 4.41. The summed E-state index contributed by atoms with van der Waals surface area (Å²) in [5.74, 6) is 0.650. The summed E-state index contributed by atoms with van der Waals surface area (Å²) in [6.45, 7) is 10.9. The standard InChI is InChI=1S/C22H32N4O2S/c1-22(2,26-11-13-28-14-12-26)16-23-20(27)15-25-9-7-17(8-10-25)21-24-18-5-3-4-6-19(18)29-21/h3-6,17H,7-16H2,1-2H3,(H,23,27). The number of hydrogen-bond acceptors (Lipinski definition) is 6. The van der Waals surface area contributed by atoms with Crippen LogP contribution >= 0.6 is 11.3 Å². The molecule has 3 heterocycles. The van der Waals surface area contributed by atoms with Crippen LogP contribution in [0.25, 0.3) is 10.2 Å². The first-order valence-electron chi connectivity index (χ1n) is 10.7. The Morgan fingerprint density at radius 1 is 1.21 bits per heavy atom. The Labute approximate surface area is 177 Å².